The van der Waals surface area contributed by atoms with Crippen molar-refractivity contribution in [3.63, 3.8) is 0 Å². The van der Waals surface area contributed by atoms with Crippen molar-refractivity contribution in [2.45, 2.75) is 20.8 Å². The number of hydrogen-bond acceptors (Lipinski definition) is 4. The summed E-state index contributed by atoms with van der Waals surface area (Å²) in [5.74, 6) is -0.482. The molecule has 0 bridgehead atoms. The van der Waals surface area contributed by atoms with Crippen molar-refractivity contribution in [1.82, 2.24) is 0 Å². The lowest BCUT2D eigenvalue weighted by Gasteiger charge is -2.32. The number of benzene rings is 1. The Balaban J connectivity index is 3.17. The van der Waals surface area contributed by atoms with Crippen molar-refractivity contribution in [2.75, 3.05) is 24.5 Å². The number of halogens is 1. The Kier molecular flexibility index (Phi) is 4.83. The maximum Gasteiger partial charge on any atom is 0.292 e. The molecular formula is C13H20FN3O2. The fourth-order valence-corrected chi connectivity index (χ4v) is 1.85. The third-order valence-electron chi connectivity index (χ3n) is 3.03. The van der Waals surface area contributed by atoms with E-state index in [1.54, 1.807) is 4.90 Å². The molecule has 1 aromatic carbocycles. The summed E-state index contributed by atoms with van der Waals surface area (Å²) in [7, 11) is 0. The molecular weight excluding hydrogens is 249 g/mol. The Labute approximate surface area is 112 Å². The highest BCUT2D eigenvalue weighted by Gasteiger charge is 2.25. The number of nitrogens with zero attached hydrogens (tertiary/aromatic N) is 2. The smallest absolute Gasteiger partial charge is 0.292 e. The Morgan fingerprint density at radius 1 is 1.47 bits per heavy atom. The van der Waals surface area contributed by atoms with Crippen LogP contribution in [0, 0.1) is 21.3 Å². The summed E-state index contributed by atoms with van der Waals surface area (Å²) in [6, 6.07) is 3.50. The molecule has 0 saturated carbocycles. The maximum atomic E-state index is 13.3. The van der Waals surface area contributed by atoms with Crippen molar-refractivity contribution in [3.05, 3.63) is 34.1 Å². The molecule has 0 fully saturated rings. The lowest BCUT2D eigenvalue weighted by molar-refractivity contribution is -0.384. The maximum absolute atomic E-state index is 13.3. The van der Waals surface area contributed by atoms with Gasteiger partial charge in [-0.1, -0.05) is 13.8 Å². The summed E-state index contributed by atoms with van der Waals surface area (Å²) >= 11 is 0. The minimum atomic E-state index is -0.493. The first-order chi connectivity index (χ1) is 8.80. The summed E-state index contributed by atoms with van der Waals surface area (Å²) < 4.78 is 13.3. The fourth-order valence-electron chi connectivity index (χ4n) is 1.85. The minimum absolute atomic E-state index is 0.0870. The van der Waals surface area contributed by atoms with Crippen molar-refractivity contribution in [1.29, 1.82) is 0 Å². The molecule has 0 atom stereocenters. The third-order valence-corrected chi connectivity index (χ3v) is 3.03. The van der Waals surface area contributed by atoms with Crippen LogP contribution in [0.1, 0.15) is 20.8 Å². The zero-order chi connectivity index (χ0) is 14.6. The molecule has 5 nitrogen and oxygen atoms in total. The van der Waals surface area contributed by atoms with Gasteiger partial charge >= 0.3 is 0 Å². The highest BCUT2D eigenvalue weighted by atomic mass is 19.1. The zero-order valence-corrected chi connectivity index (χ0v) is 11.5. The number of nitro benzene ring substituents is 1. The van der Waals surface area contributed by atoms with Gasteiger partial charge in [0, 0.05) is 25.2 Å². The van der Waals surface area contributed by atoms with Crippen molar-refractivity contribution in [2.24, 2.45) is 11.1 Å². The van der Waals surface area contributed by atoms with Gasteiger partial charge in [0.2, 0.25) is 0 Å². The zero-order valence-electron chi connectivity index (χ0n) is 11.5. The normalized spacial score (nSPS) is 11.4. The van der Waals surface area contributed by atoms with E-state index in [0.29, 0.717) is 25.3 Å². The van der Waals surface area contributed by atoms with Gasteiger partial charge in [0.25, 0.3) is 5.69 Å². The molecule has 106 valence electrons. The highest BCUT2D eigenvalue weighted by molar-refractivity contribution is 5.63. The first-order valence-corrected chi connectivity index (χ1v) is 6.19. The predicted molar refractivity (Wildman–Crippen MR) is 73.8 cm³/mol. The molecule has 0 aliphatic carbocycles. The van der Waals surface area contributed by atoms with E-state index < -0.39 is 10.7 Å². The molecule has 6 heteroatoms. The molecule has 1 rings (SSSR count). The SMILES string of the molecule is CCN(CC(C)(C)CN)c1cc(F)ccc1[N+](=O)[O-]. The first-order valence-electron chi connectivity index (χ1n) is 6.19. The van der Waals surface area contributed by atoms with E-state index in [9.17, 15) is 14.5 Å². The van der Waals surface area contributed by atoms with Crippen molar-refractivity contribution < 1.29 is 9.31 Å². The monoisotopic (exact) mass is 269 g/mol. The quantitative estimate of drug-likeness (QED) is 0.636. The highest BCUT2D eigenvalue weighted by Crippen LogP contribution is 2.31. The van der Waals surface area contributed by atoms with E-state index in [4.69, 9.17) is 5.73 Å². The second-order valence-corrected chi connectivity index (χ2v) is 5.27. The predicted octanol–water partition coefficient (Wildman–Crippen LogP) is 2.55. The van der Waals surface area contributed by atoms with E-state index in [2.05, 4.69) is 0 Å². The molecule has 0 aliphatic heterocycles. The molecule has 0 saturated heterocycles. The van der Waals surface area contributed by atoms with Gasteiger partial charge in [-0.2, -0.15) is 0 Å². The number of anilines is 1. The van der Waals surface area contributed by atoms with Crippen LogP contribution in [0.15, 0.2) is 18.2 Å². The van der Waals surface area contributed by atoms with E-state index in [1.165, 1.54) is 12.1 Å². The number of rotatable bonds is 6. The topological polar surface area (TPSA) is 72.4 Å². The summed E-state index contributed by atoms with van der Waals surface area (Å²) in [6.45, 7) is 7.35. The molecule has 0 unspecified atom stereocenters. The lowest BCUT2D eigenvalue weighted by Crippen LogP contribution is -2.39. The van der Waals surface area contributed by atoms with Crippen LogP contribution in [0.25, 0.3) is 0 Å². The van der Waals surface area contributed by atoms with E-state index in [-0.39, 0.29) is 11.1 Å². The molecule has 0 heterocycles. The standard InChI is InChI=1S/C13H20FN3O2/c1-4-16(9-13(2,3)8-15)12-7-10(14)5-6-11(12)17(18)19/h5-7H,4,8-9,15H2,1-3H3. The Morgan fingerprint density at radius 3 is 2.58 bits per heavy atom. The molecule has 2 N–H and O–H groups in total. The molecule has 1 aromatic rings. The molecule has 0 spiro atoms. The minimum Gasteiger partial charge on any atom is -0.366 e. The second-order valence-electron chi connectivity index (χ2n) is 5.27. The van der Waals surface area contributed by atoms with Gasteiger partial charge in [0.05, 0.1) is 4.92 Å². The van der Waals surface area contributed by atoms with E-state index in [1.807, 2.05) is 20.8 Å². The van der Waals surface area contributed by atoms with Crippen LogP contribution >= 0.6 is 0 Å². The molecule has 0 radical (unpaired) electrons. The van der Waals surface area contributed by atoms with Gasteiger partial charge in [-0.05, 0) is 24.9 Å². The number of hydrogen-bond donors (Lipinski definition) is 1. The lowest BCUT2D eigenvalue weighted by atomic mass is 9.93. The molecule has 0 aromatic heterocycles. The Morgan fingerprint density at radius 2 is 2.11 bits per heavy atom. The second kappa shape index (κ2) is 5.97. The summed E-state index contributed by atoms with van der Waals surface area (Å²) in [5, 5.41) is 11.0. The van der Waals surface area contributed by atoms with Crippen LogP contribution in [0.3, 0.4) is 0 Å². The molecule has 19 heavy (non-hydrogen) atoms. The fraction of sp³-hybridized carbons (Fsp3) is 0.538. The third kappa shape index (κ3) is 3.89. The number of nitro groups is 1. The Bertz CT molecular complexity index is 463. The number of nitrogens with two attached hydrogens (primary N) is 1. The first kappa shape index (κ1) is 15.4. The van der Waals surface area contributed by atoms with Crippen molar-refractivity contribution in [3.8, 4) is 0 Å². The van der Waals surface area contributed by atoms with Gasteiger partial charge in [-0.3, -0.25) is 10.1 Å². The van der Waals surface area contributed by atoms with Gasteiger partial charge in [0.15, 0.2) is 0 Å². The van der Waals surface area contributed by atoms with Crippen LogP contribution < -0.4 is 10.6 Å². The van der Waals surface area contributed by atoms with Crippen LogP contribution in [0.5, 0.6) is 0 Å². The largest absolute Gasteiger partial charge is 0.366 e. The molecule has 0 aliphatic rings. The summed E-state index contributed by atoms with van der Waals surface area (Å²) in [4.78, 5) is 12.3. The van der Waals surface area contributed by atoms with Gasteiger partial charge in [0.1, 0.15) is 11.5 Å². The molecule has 0 amide bonds. The van der Waals surface area contributed by atoms with Gasteiger partial charge in [-0.25, -0.2) is 4.39 Å². The summed E-state index contributed by atoms with van der Waals surface area (Å²) in [5.41, 5.74) is 5.70. The van der Waals surface area contributed by atoms with Gasteiger partial charge in [-0.15, -0.1) is 0 Å². The van der Waals surface area contributed by atoms with Crippen LogP contribution in [-0.2, 0) is 0 Å². The van der Waals surface area contributed by atoms with Crippen molar-refractivity contribution >= 4 is 11.4 Å². The van der Waals surface area contributed by atoms with E-state index in [0.717, 1.165) is 6.07 Å². The van der Waals surface area contributed by atoms with Gasteiger partial charge < -0.3 is 10.6 Å². The van der Waals surface area contributed by atoms with Crippen LogP contribution in [-0.4, -0.2) is 24.6 Å². The average Bonchev–Trinajstić information content (AvgIpc) is 2.35. The van der Waals surface area contributed by atoms with E-state index >= 15 is 0 Å². The van der Waals surface area contributed by atoms with Crippen LogP contribution in [0.2, 0.25) is 0 Å². The van der Waals surface area contributed by atoms with Crippen LogP contribution in [0.4, 0.5) is 15.8 Å². The summed E-state index contributed by atoms with van der Waals surface area (Å²) in [6.07, 6.45) is 0. The average molecular weight is 269 g/mol. The Hall–Kier alpha value is -1.69.